The van der Waals surface area contributed by atoms with E-state index in [0.29, 0.717) is 17.4 Å². The fraction of sp³-hybridized carbons (Fsp3) is 0.824. The van der Waals surface area contributed by atoms with Crippen LogP contribution < -0.4 is 5.73 Å². The maximum atomic E-state index is 6.04. The Morgan fingerprint density at radius 2 is 2.10 bits per heavy atom. The SMILES string of the molecule is CCc1nccn1C1CC(C(C)(C)CC)CCC1CN. The summed E-state index contributed by atoms with van der Waals surface area (Å²) < 4.78 is 2.41. The highest BCUT2D eigenvalue weighted by molar-refractivity contribution is 4.99. The van der Waals surface area contributed by atoms with Crippen molar-refractivity contribution in [1.29, 1.82) is 0 Å². The number of nitrogens with zero attached hydrogens (tertiary/aromatic N) is 2. The Kier molecular flexibility index (Phi) is 4.90. The molecule has 0 saturated heterocycles. The maximum absolute atomic E-state index is 6.04. The van der Waals surface area contributed by atoms with Crippen LogP contribution >= 0.6 is 0 Å². The van der Waals surface area contributed by atoms with Crippen molar-refractivity contribution in [2.24, 2.45) is 23.0 Å². The van der Waals surface area contributed by atoms with Gasteiger partial charge >= 0.3 is 0 Å². The fourth-order valence-electron chi connectivity index (χ4n) is 3.74. The van der Waals surface area contributed by atoms with Gasteiger partial charge < -0.3 is 10.3 Å². The minimum Gasteiger partial charge on any atom is -0.332 e. The number of aryl methyl sites for hydroxylation is 1. The minimum absolute atomic E-state index is 0.435. The van der Waals surface area contributed by atoms with Gasteiger partial charge in [-0.1, -0.05) is 34.1 Å². The van der Waals surface area contributed by atoms with Crippen LogP contribution in [0.5, 0.6) is 0 Å². The Balaban J connectivity index is 2.23. The van der Waals surface area contributed by atoms with Gasteiger partial charge in [-0.3, -0.25) is 0 Å². The van der Waals surface area contributed by atoms with E-state index in [4.69, 9.17) is 5.73 Å². The molecule has 114 valence electrons. The summed E-state index contributed by atoms with van der Waals surface area (Å²) in [6.45, 7) is 10.1. The molecule has 2 N–H and O–H groups in total. The molecular formula is C17H31N3. The van der Waals surface area contributed by atoms with E-state index >= 15 is 0 Å². The van der Waals surface area contributed by atoms with E-state index in [-0.39, 0.29) is 0 Å². The summed E-state index contributed by atoms with van der Waals surface area (Å²) in [7, 11) is 0. The van der Waals surface area contributed by atoms with Crippen LogP contribution in [0.1, 0.15) is 65.2 Å². The molecule has 1 aliphatic rings. The van der Waals surface area contributed by atoms with Gasteiger partial charge in [0.1, 0.15) is 5.82 Å². The Morgan fingerprint density at radius 1 is 1.35 bits per heavy atom. The predicted molar refractivity (Wildman–Crippen MR) is 84.6 cm³/mol. The highest BCUT2D eigenvalue weighted by Crippen LogP contribution is 2.46. The molecule has 0 amide bonds. The van der Waals surface area contributed by atoms with Gasteiger partial charge in [0.15, 0.2) is 0 Å². The fourth-order valence-corrected chi connectivity index (χ4v) is 3.74. The van der Waals surface area contributed by atoms with Crippen molar-refractivity contribution in [3.63, 3.8) is 0 Å². The molecule has 3 nitrogen and oxygen atoms in total. The van der Waals surface area contributed by atoms with E-state index in [1.54, 1.807) is 0 Å². The molecule has 3 atom stereocenters. The number of nitrogens with two attached hydrogens (primary N) is 1. The van der Waals surface area contributed by atoms with Crippen LogP contribution in [0, 0.1) is 17.3 Å². The molecule has 0 radical (unpaired) electrons. The number of hydrogen-bond acceptors (Lipinski definition) is 2. The first-order chi connectivity index (χ1) is 9.53. The second-order valence-corrected chi connectivity index (χ2v) is 7.02. The first-order valence-electron chi connectivity index (χ1n) is 8.25. The van der Waals surface area contributed by atoms with E-state index in [1.165, 1.54) is 31.5 Å². The molecule has 0 spiro atoms. The molecule has 3 heteroatoms. The van der Waals surface area contributed by atoms with Crippen LogP contribution in [0.4, 0.5) is 0 Å². The van der Waals surface area contributed by atoms with Crippen LogP contribution in [0.3, 0.4) is 0 Å². The highest BCUT2D eigenvalue weighted by Gasteiger charge is 2.37. The van der Waals surface area contributed by atoms with Gasteiger partial charge in [-0.05, 0) is 43.1 Å². The van der Waals surface area contributed by atoms with E-state index < -0.39 is 0 Å². The summed E-state index contributed by atoms with van der Waals surface area (Å²) in [4.78, 5) is 4.51. The number of imidazole rings is 1. The Hall–Kier alpha value is -0.830. The summed E-state index contributed by atoms with van der Waals surface area (Å²) >= 11 is 0. The third kappa shape index (κ3) is 2.93. The lowest BCUT2D eigenvalue weighted by atomic mass is 9.66. The molecule has 20 heavy (non-hydrogen) atoms. The number of hydrogen-bond donors (Lipinski definition) is 1. The van der Waals surface area contributed by atoms with E-state index in [0.717, 1.165) is 18.9 Å². The molecule has 1 saturated carbocycles. The second kappa shape index (κ2) is 6.30. The lowest BCUT2D eigenvalue weighted by molar-refractivity contribution is 0.0890. The minimum atomic E-state index is 0.435. The van der Waals surface area contributed by atoms with Gasteiger partial charge in [-0.25, -0.2) is 4.98 Å². The standard InChI is InChI=1S/C17H31N3/c1-5-16-19-9-10-20(16)15-11-14(17(3,4)6-2)8-7-13(15)12-18/h9-10,13-15H,5-8,11-12,18H2,1-4H3. The quantitative estimate of drug-likeness (QED) is 0.889. The van der Waals surface area contributed by atoms with Crippen molar-refractivity contribution in [2.45, 2.75) is 65.8 Å². The molecule has 0 aliphatic heterocycles. The zero-order valence-corrected chi connectivity index (χ0v) is 13.6. The third-order valence-electron chi connectivity index (χ3n) is 5.70. The Bertz CT molecular complexity index is 422. The number of aromatic nitrogens is 2. The Labute approximate surface area is 124 Å². The molecule has 1 heterocycles. The van der Waals surface area contributed by atoms with Gasteiger partial charge in [-0.2, -0.15) is 0 Å². The summed E-state index contributed by atoms with van der Waals surface area (Å²) in [6.07, 6.45) is 10.2. The summed E-state index contributed by atoms with van der Waals surface area (Å²) in [6, 6.07) is 0.544. The van der Waals surface area contributed by atoms with Crippen molar-refractivity contribution in [3.05, 3.63) is 18.2 Å². The lowest BCUT2D eigenvalue weighted by Gasteiger charge is -2.43. The monoisotopic (exact) mass is 277 g/mol. The highest BCUT2D eigenvalue weighted by atomic mass is 15.1. The van der Waals surface area contributed by atoms with E-state index in [9.17, 15) is 0 Å². The molecule has 2 rings (SSSR count). The van der Waals surface area contributed by atoms with Crippen molar-refractivity contribution in [3.8, 4) is 0 Å². The molecule has 3 unspecified atom stereocenters. The molecule has 0 bridgehead atoms. The average molecular weight is 277 g/mol. The zero-order chi connectivity index (χ0) is 14.8. The molecule has 1 aromatic rings. The van der Waals surface area contributed by atoms with Crippen molar-refractivity contribution < 1.29 is 0 Å². The number of rotatable bonds is 5. The smallest absolute Gasteiger partial charge is 0.108 e. The van der Waals surface area contributed by atoms with Crippen LogP contribution in [0.25, 0.3) is 0 Å². The first kappa shape index (κ1) is 15.6. The molecule has 0 aromatic carbocycles. The molecule has 1 aliphatic carbocycles. The average Bonchev–Trinajstić information content (AvgIpc) is 2.94. The van der Waals surface area contributed by atoms with Gasteiger partial charge in [-0.15, -0.1) is 0 Å². The normalized spacial score (nSPS) is 27.8. The topological polar surface area (TPSA) is 43.8 Å². The van der Waals surface area contributed by atoms with Crippen LogP contribution in [0.15, 0.2) is 12.4 Å². The van der Waals surface area contributed by atoms with Gasteiger partial charge in [0.25, 0.3) is 0 Å². The van der Waals surface area contributed by atoms with Gasteiger partial charge in [0, 0.05) is 24.9 Å². The van der Waals surface area contributed by atoms with Crippen LogP contribution in [-0.2, 0) is 6.42 Å². The molecule has 1 fully saturated rings. The molecule has 1 aromatic heterocycles. The zero-order valence-electron chi connectivity index (χ0n) is 13.6. The summed E-state index contributed by atoms with van der Waals surface area (Å²) in [5, 5.41) is 0. The largest absolute Gasteiger partial charge is 0.332 e. The van der Waals surface area contributed by atoms with Gasteiger partial charge in [0.05, 0.1) is 0 Å². The summed E-state index contributed by atoms with van der Waals surface area (Å²) in [5.74, 6) is 2.62. The van der Waals surface area contributed by atoms with Gasteiger partial charge in [0.2, 0.25) is 0 Å². The Morgan fingerprint density at radius 3 is 2.70 bits per heavy atom. The van der Waals surface area contributed by atoms with Crippen LogP contribution in [0.2, 0.25) is 0 Å². The lowest BCUT2D eigenvalue weighted by Crippen LogP contribution is -2.37. The van der Waals surface area contributed by atoms with Crippen LogP contribution in [-0.4, -0.2) is 16.1 Å². The summed E-state index contributed by atoms with van der Waals surface area (Å²) in [5.41, 5.74) is 6.48. The van der Waals surface area contributed by atoms with Crippen molar-refractivity contribution in [2.75, 3.05) is 6.54 Å². The maximum Gasteiger partial charge on any atom is 0.108 e. The van der Waals surface area contributed by atoms with E-state index in [1.807, 2.05) is 6.20 Å². The van der Waals surface area contributed by atoms with Crippen molar-refractivity contribution >= 4 is 0 Å². The second-order valence-electron chi connectivity index (χ2n) is 7.02. The predicted octanol–water partition coefficient (Wildman–Crippen LogP) is 3.80. The molecular weight excluding hydrogens is 246 g/mol. The van der Waals surface area contributed by atoms with Crippen molar-refractivity contribution in [1.82, 2.24) is 9.55 Å². The first-order valence-corrected chi connectivity index (χ1v) is 8.25. The third-order valence-corrected chi connectivity index (χ3v) is 5.70. The van der Waals surface area contributed by atoms with E-state index in [2.05, 4.69) is 43.4 Å².